The minimum atomic E-state index is -3.37. The predicted molar refractivity (Wildman–Crippen MR) is 115 cm³/mol. The van der Waals surface area contributed by atoms with E-state index in [1.165, 1.54) is 15.5 Å². The first-order valence-electron chi connectivity index (χ1n) is 10.7. The van der Waals surface area contributed by atoms with Crippen LogP contribution >= 0.6 is 0 Å². The van der Waals surface area contributed by atoms with Crippen molar-refractivity contribution >= 4 is 33.6 Å². The first kappa shape index (κ1) is 21.6. The second kappa shape index (κ2) is 7.81. The van der Waals surface area contributed by atoms with Crippen LogP contribution in [0.5, 0.6) is 0 Å². The Morgan fingerprint density at radius 1 is 1.26 bits per heavy atom. The highest BCUT2D eigenvalue weighted by Gasteiger charge is 2.52. The van der Waals surface area contributed by atoms with Gasteiger partial charge in [0.2, 0.25) is 10.0 Å². The number of carbonyl (C=O) groups is 3. The number of hydrogen-bond acceptors (Lipinski definition) is 5. The lowest BCUT2D eigenvalue weighted by Crippen LogP contribution is -2.44. The van der Waals surface area contributed by atoms with Gasteiger partial charge in [0, 0.05) is 24.7 Å². The van der Waals surface area contributed by atoms with Crippen molar-refractivity contribution in [3.05, 3.63) is 29.3 Å². The number of hydrogen-bond donors (Lipinski definition) is 2. The van der Waals surface area contributed by atoms with E-state index >= 15 is 0 Å². The number of nitrogens with one attached hydrogen (secondary N) is 2. The van der Waals surface area contributed by atoms with E-state index in [-0.39, 0.29) is 30.4 Å². The summed E-state index contributed by atoms with van der Waals surface area (Å²) in [5, 5.41) is 5.67. The molecule has 0 aromatic heterocycles. The Hall–Kier alpha value is -2.62. The van der Waals surface area contributed by atoms with Crippen molar-refractivity contribution in [1.29, 1.82) is 0 Å². The molecule has 2 N–H and O–H groups in total. The summed E-state index contributed by atoms with van der Waals surface area (Å²) in [4.78, 5) is 38.6. The monoisotopic (exact) mass is 448 g/mol. The number of rotatable bonds is 6. The van der Waals surface area contributed by atoms with Gasteiger partial charge in [-0.05, 0) is 56.4 Å². The van der Waals surface area contributed by atoms with Crippen LogP contribution in [0.4, 0.5) is 10.5 Å². The Labute approximate surface area is 182 Å². The van der Waals surface area contributed by atoms with E-state index in [9.17, 15) is 22.8 Å². The minimum absolute atomic E-state index is 0.149. The fourth-order valence-electron chi connectivity index (χ4n) is 4.99. The van der Waals surface area contributed by atoms with E-state index in [1.807, 2.05) is 6.92 Å². The summed E-state index contributed by atoms with van der Waals surface area (Å²) in [6, 6.07) is 4.49. The Bertz CT molecular complexity index is 1030. The van der Waals surface area contributed by atoms with Gasteiger partial charge >= 0.3 is 6.03 Å². The van der Waals surface area contributed by atoms with Crippen LogP contribution in [0, 0.1) is 0 Å². The van der Waals surface area contributed by atoms with Gasteiger partial charge in [-0.2, -0.15) is 0 Å². The minimum Gasteiger partial charge on any atom is -0.352 e. The molecule has 9 nitrogen and oxygen atoms in total. The lowest BCUT2D eigenvalue weighted by molar-refractivity contribution is -0.131. The van der Waals surface area contributed by atoms with Crippen LogP contribution in [-0.4, -0.2) is 62.1 Å². The van der Waals surface area contributed by atoms with Crippen molar-refractivity contribution in [3.63, 3.8) is 0 Å². The molecule has 1 atom stereocenters. The molecule has 0 bridgehead atoms. The number of sulfonamides is 1. The van der Waals surface area contributed by atoms with Crippen LogP contribution in [0.1, 0.15) is 54.9 Å². The van der Waals surface area contributed by atoms with Crippen molar-refractivity contribution in [2.75, 3.05) is 23.7 Å². The first-order chi connectivity index (χ1) is 14.6. The third-order valence-corrected chi connectivity index (χ3v) is 7.67. The summed E-state index contributed by atoms with van der Waals surface area (Å²) in [5.74, 6) is -0.415. The molecule has 168 valence electrons. The van der Waals surface area contributed by atoms with E-state index in [0.717, 1.165) is 18.4 Å². The molecule has 1 aliphatic carbocycles. The van der Waals surface area contributed by atoms with Gasteiger partial charge < -0.3 is 10.6 Å². The predicted octanol–water partition coefficient (Wildman–Crippen LogP) is 1.38. The summed E-state index contributed by atoms with van der Waals surface area (Å²) in [6.07, 6.45) is 5.47. The van der Waals surface area contributed by atoms with Gasteiger partial charge in [0.25, 0.3) is 11.8 Å². The second-order valence-corrected chi connectivity index (χ2v) is 10.6. The molecule has 10 heteroatoms. The van der Waals surface area contributed by atoms with Crippen molar-refractivity contribution in [3.8, 4) is 0 Å². The summed E-state index contributed by atoms with van der Waals surface area (Å²) in [7, 11) is -3.37. The maximum absolute atomic E-state index is 12.6. The average Bonchev–Trinajstić information content (AvgIpc) is 3.35. The molecule has 1 saturated heterocycles. The number of imide groups is 1. The summed E-state index contributed by atoms with van der Waals surface area (Å²) in [6.45, 7) is 2.43. The molecule has 2 heterocycles. The second-order valence-electron chi connectivity index (χ2n) is 8.74. The summed E-state index contributed by atoms with van der Waals surface area (Å²) >= 11 is 0. The van der Waals surface area contributed by atoms with Gasteiger partial charge in [0.15, 0.2) is 0 Å². The van der Waals surface area contributed by atoms with Crippen LogP contribution < -0.4 is 14.9 Å². The third kappa shape index (κ3) is 3.88. The number of urea groups is 1. The average molecular weight is 449 g/mol. The van der Waals surface area contributed by atoms with Gasteiger partial charge in [-0.15, -0.1) is 0 Å². The normalized spacial score (nSPS) is 22.2. The molecule has 1 spiro atoms. The van der Waals surface area contributed by atoms with E-state index in [0.29, 0.717) is 43.5 Å². The molecule has 1 saturated carbocycles. The quantitative estimate of drug-likeness (QED) is 0.504. The highest BCUT2D eigenvalue weighted by Crippen LogP contribution is 2.36. The van der Waals surface area contributed by atoms with E-state index in [2.05, 4.69) is 10.6 Å². The van der Waals surface area contributed by atoms with Crippen LogP contribution in [0.3, 0.4) is 0 Å². The fraction of sp³-hybridized carbons (Fsp3) is 0.571. The maximum Gasteiger partial charge on any atom is 0.325 e. The number of benzene rings is 1. The zero-order chi connectivity index (χ0) is 22.4. The van der Waals surface area contributed by atoms with Crippen LogP contribution in [0.2, 0.25) is 0 Å². The lowest BCUT2D eigenvalue weighted by Gasteiger charge is -2.22. The molecule has 2 aliphatic heterocycles. The van der Waals surface area contributed by atoms with Gasteiger partial charge in [-0.1, -0.05) is 12.8 Å². The van der Waals surface area contributed by atoms with Crippen molar-refractivity contribution in [2.24, 2.45) is 0 Å². The lowest BCUT2D eigenvalue weighted by atomic mass is 9.98. The van der Waals surface area contributed by atoms with Gasteiger partial charge in [0.1, 0.15) is 5.54 Å². The highest BCUT2D eigenvalue weighted by atomic mass is 32.2. The molecular formula is C21H28N4O5S. The van der Waals surface area contributed by atoms with E-state index < -0.39 is 15.6 Å². The molecule has 4 amide bonds. The molecule has 0 radical (unpaired) electrons. The Morgan fingerprint density at radius 3 is 2.65 bits per heavy atom. The fourth-order valence-corrected chi connectivity index (χ4v) is 6.25. The van der Waals surface area contributed by atoms with Crippen LogP contribution in [0.25, 0.3) is 0 Å². The van der Waals surface area contributed by atoms with Crippen LogP contribution in [-0.2, 0) is 21.2 Å². The zero-order valence-electron chi connectivity index (χ0n) is 17.8. The SMILES string of the molecule is CC1Cc2cc(C(=O)NCCCN3C(=O)NC4(CCCC4)C3=O)ccc2N1S(C)(=O)=O. The number of carbonyl (C=O) groups excluding carboxylic acids is 3. The summed E-state index contributed by atoms with van der Waals surface area (Å²) in [5.41, 5.74) is 1.20. The molecule has 1 unspecified atom stereocenters. The number of anilines is 1. The van der Waals surface area contributed by atoms with Crippen molar-refractivity contribution in [2.45, 2.75) is 57.0 Å². The molecule has 31 heavy (non-hydrogen) atoms. The topological polar surface area (TPSA) is 116 Å². The smallest absolute Gasteiger partial charge is 0.325 e. The molecule has 1 aromatic carbocycles. The number of amides is 4. The number of nitrogens with zero attached hydrogens (tertiary/aromatic N) is 2. The standard InChI is InChI=1S/C21H28N4O5S/c1-14-12-16-13-15(6-7-17(16)25(14)31(2,29)30)18(26)22-10-5-11-24-19(27)21(23-20(24)28)8-3-4-9-21/h6-7,13-14H,3-5,8-12H2,1-2H3,(H,22,26)(H,23,28). The largest absolute Gasteiger partial charge is 0.352 e. The van der Waals surface area contributed by atoms with Crippen molar-refractivity contribution in [1.82, 2.24) is 15.5 Å². The van der Waals surface area contributed by atoms with Crippen LogP contribution in [0.15, 0.2) is 18.2 Å². The first-order valence-corrected chi connectivity index (χ1v) is 12.5. The van der Waals surface area contributed by atoms with Gasteiger partial charge in [-0.25, -0.2) is 13.2 Å². The zero-order valence-corrected chi connectivity index (χ0v) is 18.6. The van der Waals surface area contributed by atoms with Crippen molar-refractivity contribution < 1.29 is 22.8 Å². The molecule has 1 aromatic rings. The molecule has 3 aliphatic rings. The maximum atomic E-state index is 12.6. The highest BCUT2D eigenvalue weighted by molar-refractivity contribution is 7.92. The molecular weight excluding hydrogens is 420 g/mol. The third-order valence-electron chi connectivity index (χ3n) is 6.40. The Balaban J connectivity index is 1.32. The van der Waals surface area contributed by atoms with E-state index in [4.69, 9.17) is 0 Å². The van der Waals surface area contributed by atoms with Gasteiger partial charge in [-0.3, -0.25) is 18.8 Å². The summed E-state index contributed by atoms with van der Waals surface area (Å²) < 4.78 is 25.4. The molecule has 4 rings (SSSR count). The van der Waals surface area contributed by atoms with E-state index in [1.54, 1.807) is 18.2 Å². The Morgan fingerprint density at radius 2 is 1.97 bits per heavy atom. The van der Waals surface area contributed by atoms with Gasteiger partial charge in [0.05, 0.1) is 11.9 Å². The number of fused-ring (bicyclic) bond motifs is 1. The Kier molecular flexibility index (Phi) is 5.45. The molecule has 2 fully saturated rings.